The van der Waals surface area contributed by atoms with Gasteiger partial charge in [0.25, 0.3) is 0 Å². The van der Waals surface area contributed by atoms with Crippen molar-refractivity contribution in [3.05, 3.63) is 58.7 Å². The zero-order chi connectivity index (χ0) is 21.5. The van der Waals surface area contributed by atoms with Gasteiger partial charge in [-0.15, -0.1) is 0 Å². The van der Waals surface area contributed by atoms with Gasteiger partial charge in [-0.1, -0.05) is 35.1 Å². The minimum atomic E-state index is -0.363. The van der Waals surface area contributed by atoms with Crippen LogP contribution in [0.1, 0.15) is 17.5 Å². The Hall–Kier alpha value is -2.90. The Morgan fingerprint density at radius 1 is 1.35 bits per heavy atom. The molecule has 0 bridgehead atoms. The number of nitrogens with one attached hydrogen (secondary N) is 2. The number of aromatic amines is 1. The van der Waals surface area contributed by atoms with Gasteiger partial charge < -0.3 is 15.2 Å². The first-order valence-corrected chi connectivity index (χ1v) is 11.4. The average Bonchev–Trinajstić information content (AvgIpc) is 3.43. The third-order valence-corrected chi connectivity index (χ3v) is 6.99. The monoisotopic (exact) mass is 452 g/mol. The van der Waals surface area contributed by atoms with E-state index in [-0.39, 0.29) is 24.2 Å². The molecule has 1 aliphatic rings. The number of carbonyl (C=O) groups excluding carboxylic acids is 2. The SMILES string of the molecule is Cc1cccc2sc(NC(=O)[C@H]3CC(=O)N(CCc4c[nH]c5ccc(Cl)cc45)C3)nc12. The van der Waals surface area contributed by atoms with E-state index in [4.69, 9.17) is 11.6 Å². The summed E-state index contributed by atoms with van der Waals surface area (Å²) in [5.74, 6) is -0.498. The van der Waals surface area contributed by atoms with Crippen LogP contribution in [0.15, 0.2) is 42.6 Å². The van der Waals surface area contributed by atoms with Crippen molar-refractivity contribution in [1.29, 1.82) is 0 Å². The number of halogens is 1. The van der Waals surface area contributed by atoms with Crippen LogP contribution in [0.25, 0.3) is 21.1 Å². The first-order valence-electron chi connectivity index (χ1n) is 10.2. The molecule has 2 amide bonds. The lowest BCUT2D eigenvalue weighted by atomic mass is 10.1. The van der Waals surface area contributed by atoms with E-state index in [1.54, 1.807) is 4.90 Å². The molecule has 158 valence electrons. The fraction of sp³-hybridized carbons (Fsp3) is 0.261. The van der Waals surface area contributed by atoms with E-state index in [0.29, 0.717) is 29.7 Å². The van der Waals surface area contributed by atoms with E-state index in [1.807, 2.05) is 49.5 Å². The van der Waals surface area contributed by atoms with Gasteiger partial charge in [0.05, 0.1) is 16.1 Å². The molecular weight excluding hydrogens is 432 g/mol. The van der Waals surface area contributed by atoms with E-state index >= 15 is 0 Å². The highest BCUT2D eigenvalue weighted by Crippen LogP contribution is 2.29. The van der Waals surface area contributed by atoms with Gasteiger partial charge in [-0.3, -0.25) is 9.59 Å². The molecule has 31 heavy (non-hydrogen) atoms. The Balaban J connectivity index is 1.23. The molecule has 3 heterocycles. The summed E-state index contributed by atoms with van der Waals surface area (Å²) in [5.41, 5.74) is 4.12. The molecule has 4 aromatic rings. The lowest BCUT2D eigenvalue weighted by Gasteiger charge is -2.16. The summed E-state index contributed by atoms with van der Waals surface area (Å²) in [6.07, 6.45) is 2.90. The maximum atomic E-state index is 12.8. The van der Waals surface area contributed by atoms with Gasteiger partial charge in [-0.25, -0.2) is 4.98 Å². The molecule has 0 radical (unpaired) electrons. The van der Waals surface area contributed by atoms with Crippen molar-refractivity contribution in [2.24, 2.45) is 5.92 Å². The van der Waals surface area contributed by atoms with Crippen LogP contribution >= 0.6 is 22.9 Å². The second-order valence-electron chi connectivity index (χ2n) is 7.92. The van der Waals surface area contributed by atoms with E-state index in [0.717, 1.165) is 32.2 Å². The number of benzene rings is 2. The highest BCUT2D eigenvalue weighted by atomic mass is 35.5. The molecule has 0 aliphatic carbocycles. The van der Waals surface area contributed by atoms with Crippen LogP contribution in [0, 0.1) is 12.8 Å². The molecule has 0 spiro atoms. The topological polar surface area (TPSA) is 78.1 Å². The number of hydrogen-bond donors (Lipinski definition) is 2. The van der Waals surface area contributed by atoms with Gasteiger partial charge in [0.1, 0.15) is 0 Å². The van der Waals surface area contributed by atoms with Gasteiger partial charge in [0, 0.05) is 41.6 Å². The van der Waals surface area contributed by atoms with Gasteiger partial charge in [-0.2, -0.15) is 0 Å². The second kappa shape index (κ2) is 7.98. The van der Waals surface area contributed by atoms with Crippen molar-refractivity contribution in [3.63, 3.8) is 0 Å². The Labute approximate surface area is 188 Å². The van der Waals surface area contributed by atoms with Gasteiger partial charge in [-0.05, 0) is 48.7 Å². The molecule has 2 aromatic carbocycles. The van der Waals surface area contributed by atoms with Crippen LogP contribution in [0.2, 0.25) is 5.02 Å². The molecule has 8 heteroatoms. The van der Waals surface area contributed by atoms with E-state index in [2.05, 4.69) is 15.3 Å². The maximum absolute atomic E-state index is 12.8. The minimum absolute atomic E-state index is 0.0122. The number of aryl methyl sites for hydroxylation is 1. The lowest BCUT2D eigenvalue weighted by molar-refractivity contribution is -0.128. The van der Waals surface area contributed by atoms with Gasteiger partial charge in [0.2, 0.25) is 11.8 Å². The molecular formula is C23H21ClN4O2S. The third-order valence-electron chi connectivity index (χ3n) is 5.82. The summed E-state index contributed by atoms with van der Waals surface area (Å²) in [6.45, 7) is 3.00. The molecule has 0 saturated carbocycles. The first-order chi connectivity index (χ1) is 15.0. The molecule has 1 atom stereocenters. The molecule has 1 aliphatic heterocycles. The number of H-pyrrole nitrogens is 1. The normalized spacial score (nSPS) is 16.5. The summed E-state index contributed by atoms with van der Waals surface area (Å²) in [5, 5.41) is 5.25. The predicted molar refractivity (Wildman–Crippen MR) is 125 cm³/mol. The Morgan fingerprint density at radius 2 is 2.23 bits per heavy atom. The average molecular weight is 453 g/mol. The van der Waals surface area contributed by atoms with Gasteiger partial charge in [0.15, 0.2) is 5.13 Å². The molecule has 5 rings (SSSR count). The van der Waals surface area contributed by atoms with Crippen LogP contribution in [0.3, 0.4) is 0 Å². The van der Waals surface area contributed by atoms with Crippen molar-refractivity contribution < 1.29 is 9.59 Å². The number of aromatic nitrogens is 2. The second-order valence-corrected chi connectivity index (χ2v) is 9.39. The number of rotatable bonds is 5. The molecule has 1 fully saturated rings. The minimum Gasteiger partial charge on any atom is -0.361 e. The summed E-state index contributed by atoms with van der Waals surface area (Å²) < 4.78 is 1.04. The number of thiazole rings is 1. The number of para-hydroxylation sites is 1. The third kappa shape index (κ3) is 3.91. The van der Waals surface area contributed by atoms with Crippen LogP contribution in [-0.4, -0.2) is 39.8 Å². The van der Waals surface area contributed by atoms with E-state index in [9.17, 15) is 9.59 Å². The van der Waals surface area contributed by atoms with Crippen molar-refractivity contribution >= 4 is 61.0 Å². The molecule has 0 unspecified atom stereocenters. The van der Waals surface area contributed by atoms with Crippen molar-refractivity contribution in [2.75, 3.05) is 18.4 Å². The van der Waals surface area contributed by atoms with E-state index in [1.165, 1.54) is 11.3 Å². The molecule has 2 N–H and O–H groups in total. The Morgan fingerprint density at radius 3 is 3.06 bits per heavy atom. The fourth-order valence-electron chi connectivity index (χ4n) is 4.12. The van der Waals surface area contributed by atoms with Crippen LogP contribution in [-0.2, 0) is 16.0 Å². The largest absolute Gasteiger partial charge is 0.361 e. The number of likely N-dealkylation sites (tertiary alicyclic amines) is 1. The number of hydrogen-bond acceptors (Lipinski definition) is 4. The van der Waals surface area contributed by atoms with Crippen LogP contribution < -0.4 is 5.32 Å². The summed E-state index contributed by atoms with van der Waals surface area (Å²) in [6, 6.07) is 11.7. The summed E-state index contributed by atoms with van der Waals surface area (Å²) >= 11 is 7.58. The summed E-state index contributed by atoms with van der Waals surface area (Å²) in [7, 11) is 0. The van der Waals surface area contributed by atoms with Crippen LogP contribution in [0.4, 0.5) is 5.13 Å². The van der Waals surface area contributed by atoms with Gasteiger partial charge >= 0.3 is 0 Å². The fourth-order valence-corrected chi connectivity index (χ4v) is 5.24. The number of nitrogens with zero attached hydrogens (tertiary/aromatic N) is 2. The number of fused-ring (bicyclic) bond motifs is 2. The van der Waals surface area contributed by atoms with Crippen molar-refractivity contribution in [3.8, 4) is 0 Å². The van der Waals surface area contributed by atoms with Crippen LogP contribution in [0.5, 0.6) is 0 Å². The smallest absolute Gasteiger partial charge is 0.231 e. The maximum Gasteiger partial charge on any atom is 0.231 e. The molecule has 1 saturated heterocycles. The summed E-state index contributed by atoms with van der Waals surface area (Å²) in [4.78, 5) is 34.8. The standard InChI is InChI=1S/C23H21ClN4O2S/c1-13-3-2-4-19-21(13)26-23(31-19)27-22(30)15-9-20(29)28(12-15)8-7-14-11-25-18-6-5-16(24)10-17(14)18/h2-6,10-11,15,25H,7-9,12H2,1H3,(H,26,27,30)/t15-/m0/s1. The van der Waals surface area contributed by atoms with E-state index < -0.39 is 0 Å². The first kappa shape index (κ1) is 20.0. The highest BCUT2D eigenvalue weighted by molar-refractivity contribution is 7.22. The van der Waals surface area contributed by atoms with Crippen molar-refractivity contribution in [1.82, 2.24) is 14.9 Å². The molecule has 6 nitrogen and oxygen atoms in total. The zero-order valence-electron chi connectivity index (χ0n) is 16.9. The predicted octanol–water partition coefficient (Wildman–Crippen LogP) is 4.77. The van der Waals surface area contributed by atoms with Crippen molar-refractivity contribution in [2.45, 2.75) is 19.8 Å². The molecule has 2 aromatic heterocycles. The number of anilines is 1. The highest BCUT2D eigenvalue weighted by Gasteiger charge is 2.34. The lowest BCUT2D eigenvalue weighted by Crippen LogP contribution is -2.29. The number of carbonyl (C=O) groups is 2. The Bertz CT molecular complexity index is 1310. The number of amides is 2. The quantitative estimate of drug-likeness (QED) is 0.458. The zero-order valence-corrected chi connectivity index (χ0v) is 18.5. The Kier molecular flexibility index (Phi) is 5.16.